The minimum Gasteiger partial charge on any atom is -0.299 e. The highest BCUT2D eigenvalue weighted by Crippen LogP contribution is 2.35. The van der Waals surface area contributed by atoms with Crippen LogP contribution in [0.2, 0.25) is 0 Å². The smallest absolute Gasteiger partial charge is 0.161 e. The summed E-state index contributed by atoms with van der Waals surface area (Å²) in [6.45, 7) is 0.748. The van der Waals surface area contributed by atoms with Crippen molar-refractivity contribution in [1.82, 2.24) is 5.06 Å². The van der Waals surface area contributed by atoms with E-state index in [-0.39, 0.29) is 6.23 Å². The van der Waals surface area contributed by atoms with E-state index in [0.29, 0.717) is 18.1 Å². The van der Waals surface area contributed by atoms with Crippen molar-refractivity contribution in [3.63, 3.8) is 0 Å². The van der Waals surface area contributed by atoms with Gasteiger partial charge < -0.3 is 0 Å². The molecule has 1 aliphatic carbocycles. The Morgan fingerprint density at radius 3 is 2.36 bits per heavy atom. The average Bonchev–Trinajstić information content (AvgIpc) is 3.45. The van der Waals surface area contributed by atoms with Crippen LogP contribution in [-0.2, 0) is 16.2 Å². The molecule has 0 spiro atoms. The van der Waals surface area contributed by atoms with Gasteiger partial charge in [-0.25, -0.2) is 0 Å². The van der Waals surface area contributed by atoms with Gasteiger partial charge in [0, 0.05) is 5.92 Å². The SMILES string of the molecule is O=C(CC1ON1Cc1ccc(-c2ccccc2)cc1)C1CC1. The van der Waals surface area contributed by atoms with E-state index in [4.69, 9.17) is 4.84 Å². The van der Waals surface area contributed by atoms with Gasteiger partial charge in [-0.3, -0.25) is 9.63 Å². The molecule has 1 saturated heterocycles. The Balaban J connectivity index is 1.33. The van der Waals surface area contributed by atoms with Crippen LogP contribution in [-0.4, -0.2) is 17.1 Å². The molecular formula is C19H19NO2. The summed E-state index contributed by atoms with van der Waals surface area (Å²) in [5.74, 6) is 0.697. The standard InChI is InChI=1S/C19H19NO2/c21-18(17-10-11-17)12-19-20(22-19)13-14-6-8-16(9-7-14)15-4-2-1-3-5-15/h1-9,17,19H,10-13H2. The van der Waals surface area contributed by atoms with E-state index in [2.05, 4.69) is 48.5 Å². The van der Waals surface area contributed by atoms with Crippen molar-refractivity contribution >= 4 is 5.78 Å². The van der Waals surface area contributed by atoms with Crippen LogP contribution in [0.15, 0.2) is 54.6 Å². The Hall–Kier alpha value is -1.97. The fourth-order valence-electron chi connectivity index (χ4n) is 2.76. The highest BCUT2D eigenvalue weighted by molar-refractivity contribution is 5.83. The molecule has 0 radical (unpaired) electrons. The Morgan fingerprint density at radius 2 is 1.68 bits per heavy atom. The summed E-state index contributed by atoms with van der Waals surface area (Å²) in [5.41, 5.74) is 3.66. The summed E-state index contributed by atoms with van der Waals surface area (Å²) >= 11 is 0. The van der Waals surface area contributed by atoms with Crippen LogP contribution >= 0.6 is 0 Å². The molecule has 3 nitrogen and oxygen atoms in total. The summed E-state index contributed by atoms with van der Waals surface area (Å²) in [7, 11) is 0. The van der Waals surface area contributed by atoms with E-state index < -0.39 is 0 Å². The predicted molar refractivity (Wildman–Crippen MR) is 84.6 cm³/mol. The third kappa shape index (κ3) is 3.11. The largest absolute Gasteiger partial charge is 0.299 e. The zero-order valence-electron chi connectivity index (χ0n) is 12.4. The summed E-state index contributed by atoms with van der Waals surface area (Å²) in [6, 6.07) is 18.9. The van der Waals surface area contributed by atoms with E-state index >= 15 is 0 Å². The van der Waals surface area contributed by atoms with Crippen LogP contribution in [0.4, 0.5) is 0 Å². The van der Waals surface area contributed by atoms with Crippen molar-refractivity contribution in [3.8, 4) is 11.1 Å². The number of hydroxylamine groups is 2. The molecule has 2 unspecified atom stereocenters. The van der Waals surface area contributed by atoms with Gasteiger partial charge in [0.1, 0.15) is 5.78 Å². The normalized spacial score (nSPS) is 23.3. The summed E-state index contributed by atoms with van der Waals surface area (Å²) in [5, 5.41) is 1.90. The first kappa shape index (κ1) is 13.7. The van der Waals surface area contributed by atoms with Crippen molar-refractivity contribution < 1.29 is 9.63 Å². The topological polar surface area (TPSA) is 32.6 Å². The highest BCUT2D eigenvalue weighted by atomic mass is 16.8. The molecular weight excluding hydrogens is 274 g/mol. The second-order valence-corrected chi connectivity index (χ2v) is 6.14. The monoisotopic (exact) mass is 293 g/mol. The molecule has 1 saturated carbocycles. The van der Waals surface area contributed by atoms with Crippen LogP contribution in [0.1, 0.15) is 24.8 Å². The number of Topliss-reactive ketones (excluding diaryl/α,β-unsaturated/α-hetero) is 1. The first-order valence-electron chi connectivity index (χ1n) is 7.90. The second-order valence-electron chi connectivity index (χ2n) is 6.14. The molecule has 0 bridgehead atoms. The molecule has 3 heteroatoms. The Bertz CT molecular complexity index is 662. The van der Waals surface area contributed by atoms with E-state index in [1.165, 1.54) is 16.7 Å². The van der Waals surface area contributed by atoms with Crippen molar-refractivity contribution in [2.45, 2.75) is 32.0 Å². The van der Waals surface area contributed by atoms with Gasteiger partial charge in [-0.15, -0.1) is 0 Å². The zero-order valence-corrected chi connectivity index (χ0v) is 12.4. The Labute approximate surface area is 130 Å². The van der Waals surface area contributed by atoms with Gasteiger partial charge >= 0.3 is 0 Å². The van der Waals surface area contributed by atoms with Gasteiger partial charge in [0.2, 0.25) is 0 Å². The maximum atomic E-state index is 11.7. The van der Waals surface area contributed by atoms with Gasteiger partial charge in [-0.1, -0.05) is 54.6 Å². The minimum absolute atomic E-state index is 0.00176. The van der Waals surface area contributed by atoms with Crippen LogP contribution in [0.5, 0.6) is 0 Å². The molecule has 2 fully saturated rings. The molecule has 4 rings (SSSR count). The molecule has 1 heterocycles. The Morgan fingerprint density at radius 1 is 1.00 bits per heavy atom. The third-order valence-electron chi connectivity index (χ3n) is 4.34. The summed E-state index contributed by atoms with van der Waals surface area (Å²) in [4.78, 5) is 17.2. The predicted octanol–water partition coefficient (Wildman–Crippen LogP) is 3.80. The summed E-state index contributed by atoms with van der Waals surface area (Å²) in [6.07, 6.45) is 2.70. The molecule has 2 aromatic rings. The molecule has 22 heavy (non-hydrogen) atoms. The van der Waals surface area contributed by atoms with E-state index in [1.54, 1.807) is 0 Å². The lowest BCUT2D eigenvalue weighted by Crippen LogP contribution is -2.09. The maximum absolute atomic E-state index is 11.7. The number of ketones is 1. The second kappa shape index (κ2) is 5.67. The van der Waals surface area contributed by atoms with Crippen molar-refractivity contribution in [2.24, 2.45) is 5.92 Å². The van der Waals surface area contributed by atoms with E-state index in [0.717, 1.165) is 19.4 Å². The lowest BCUT2D eigenvalue weighted by atomic mass is 10.0. The fraction of sp³-hybridized carbons (Fsp3) is 0.316. The number of carbonyl (C=O) groups excluding carboxylic acids is 1. The molecule has 2 aliphatic rings. The fourth-order valence-corrected chi connectivity index (χ4v) is 2.76. The minimum atomic E-state index is 0.00176. The molecule has 2 aromatic carbocycles. The average molecular weight is 293 g/mol. The molecule has 1 aliphatic heterocycles. The number of hydrogen-bond acceptors (Lipinski definition) is 3. The third-order valence-corrected chi connectivity index (χ3v) is 4.34. The Kier molecular flexibility index (Phi) is 3.53. The maximum Gasteiger partial charge on any atom is 0.161 e. The van der Waals surface area contributed by atoms with E-state index in [1.807, 2.05) is 11.1 Å². The van der Waals surface area contributed by atoms with Crippen molar-refractivity contribution in [1.29, 1.82) is 0 Å². The van der Waals surface area contributed by atoms with Gasteiger partial charge in [-0.2, -0.15) is 5.06 Å². The van der Waals surface area contributed by atoms with Crippen LogP contribution in [0.3, 0.4) is 0 Å². The van der Waals surface area contributed by atoms with Crippen molar-refractivity contribution in [2.75, 3.05) is 0 Å². The molecule has 0 aromatic heterocycles. The number of nitrogens with zero attached hydrogens (tertiary/aromatic N) is 1. The van der Waals surface area contributed by atoms with Crippen LogP contribution in [0.25, 0.3) is 11.1 Å². The summed E-state index contributed by atoms with van der Waals surface area (Å²) < 4.78 is 0. The number of carbonyl (C=O) groups is 1. The molecule has 0 N–H and O–H groups in total. The van der Waals surface area contributed by atoms with Gasteiger partial charge in [-0.05, 0) is 29.5 Å². The van der Waals surface area contributed by atoms with Crippen molar-refractivity contribution in [3.05, 3.63) is 60.2 Å². The van der Waals surface area contributed by atoms with E-state index in [9.17, 15) is 4.79 Å². The van der Waals surface area contributed by atoms with Gasteiger partial charge in [0.05, 0.1) is 13.0 Å². The van der Waals surface area contributed by atoms with Gasteiger partial charge in [0.15, 0.2) is 6.23 Å². The van der Waals surface area contributed by atoms with Crippen LogP contribution < -0.4 is 0 Å². The lowest BCUT2D eigenvalue weighted by molar-refractivity contribution is -0.120. The van der Waals surface area contributed by atoms with Crippen LogP contribution in [0, 0.1) is 5.92 Å². The number of hydrogen-bond donors (Lipinski definition) is 0. The molecule has 112 valence electrons. The first-order chi connectivity index (χ1) is 10.8. The number of benzene rings is 2. The quantitative estimate of drug-likeness (QED) is 0.759. The lowest BCUT2D eigenvalue weighted by Gasteiger charge is -2.04. The molecule has 0 amide bonds. The molecule has 2 atom stereocenters. The highest BCUT2D eigenvalue weighted by Gasteiger charge is 2.41. The number of rotatable bonds is 6. The first-order valence-corrected chi connectivity index (χ1v) is 7.90. The van der Waals surface area contributed by atoms with Gasteiger partial charge in [0.25, 0.3) is 0 Å². The zero-order chi connectivity index (χ0) is 14.9.